The zero-order valence-corrected chi connectivity index (χ0v) is 10.9. The van der Waals surface area contributed by atoms with Crippen molar-refractivity contribution in [2.45, 2.75) is 64.5 Å². The van der Waals surface area contributed by atoms with Gasteiger partial charge in [-0.05, 0) is 46.1 Å². The molecular formula is C14H27NO. The number of likely N-dealkylation sites (tertiary alicyclic amines) is 1. The molecule has 2 nitrogen and oxygen atoms in total. The fourth-order valence-corrected chi connectivity index (χ4v) is 2.53. The van der Waals surface area contributed by atoms with Gasteiger partial charge in [0.2, 0.25) is 0 Å². The molecule has 94 valence electrons. The number of aliphatic hydroxyl groups is 1. The standard InChI is InChI=1S/C14H27NO/c1-12(2)8-10-15-9-6-4-5-7-14(15)11-13(3)16/h13-14,16H,1,4-11H2,2-3H3. The fourth-order valence-electron chi connectivity index (χ4n) is 2.53. The largest absolute Gasteiger partial charge is 0.393 e. The maximum atomic E-state index is 9.55. The Labute approximate surface area is 100 Å². The van der Waals surface area contributed by atoms with Gasteiger partial charge in [0.15, 0.2) is 0 Å². The van der Waals surface area contributed by atoms with Gasteiger partial charge in [0, 0.05) is 12.6 Å². The molecule has 1 rings (SSSR count). The van der Waals surface area contributed by atoms with Crippen molar-refractivity contribution in [2.75, 3.05) is 13.1 Å². The molecule has 0 saturated carbocycles. The molecule has 0 aliphatic carbocycles. The summed E-state index contributed by atoms with van der Waals surface area (Å²) in [5.41, 5.74) is 1.26. The second kappa shape index (κ2) is 7.08. The van der Waals surface area contributed by atoms with Gasteiger partial charge in [-0.15, -0.1) is 6.58 Å². The Balaban J connectivity index is 2.47. The van der Waals surface area contributed by atoms with E-state index >= 15 is 0 Å². The number of hydrogen-bond donors (Lipinski definition) is 1. The van der Waals surface area contributed by atoms with Gasteiger partial charge in [-0.2, -0.15) is 0 Å². The van der Waals surface area contributed by atoms with Crippen LogP contribution in [0, 0.1) is 0 Å². The number of nitrogens with zero attached hydrogens (tertiary/aromatic N) is 1. The molecule has 2 unspecified atom stereocenters. The van der Waals surface area contributed by atoms with E-state index in [4.69, 9.17) is 0 Å². The second-order valence-electron chi connectivity index (χ2n) is 5.33. The highest BCUT2D eigenvalue weighted by Gasteiger charge is 2.21. The summed E-state index contributed by atoms with van der Waals surface area (Å²) in [5, 5.41) is 9.55. The molecule has 1 N–H and O–H groups in total. The minimum atomic E-state index is -0.171. The van der Waals surface area contributed by atoms with Crippen LogP contribution in [0.3, 0.4) is 0 Å². The molecule has 2 heteroatoms. The SMILES string of the molecule is C=C(C)CCN1CCCCCC1CC(C)O. The summed E-state index contributed by atoms with van der Waals surface area (Å²) in [4.78, 5) is 2.56. The highest BCUT2D eigenvalue weighted by molar-refractivity contribution is 4.90. The Bertz CT molecular complexity index is 213. The van der Waals surface area contributed by atoms with Gasteiger partial charge in [0.1, 0.15) is 0 Å². The molecule has 0 bridgehead atoms. The lowest BCUT2D eigenvalue weighted by Crippen LogP contribution is -2.37. The molecule has 1 saturated heterocycles. The maximum Gasteiger partial charge on any atom is 0.0527 e. The van der Waals surface area contributed by atoms with E-state index in [1.807, 2.05) is 6.92 Å². The molecule has 1 fully saturated rings. The van der Waals surface area contributed by atoms with E-state index < -0.39 is 0 Å². The molecule has 0 radical (unpaired) electrons. The van der Waals surface area contributed by atoms with Gasteiger partial charge in [0.25, 0.3) is 0 Å². The third-order valence-electron chi connectivity index (χ3n) is 3.44. The Morgan fingerprint density at radius 2 is 2.19 bits per heavy atom. The number of aliphatic hydroxyl groups excluding tert-OH is 1. The predicted octanol–water partition coefficient (Wildman–Crippen LogP) is 2.97. The second-order valence-corrected chi connectivity index (χ2v) is 5.33. The van der Waals surface area contributed by atoms with Crippen LogP contribution in [0.1, 0.15) is 52.4 Å². The maximum absolute atomic E-state index is 9.55. The minimum absolute atomic E-state index is 0.171. The first-order valence-electron chi connectivity index (χ1n) is 6.66. The van der Waals surface area contributed by atoms with Crippen molar-refractivity contribution in [2.24, 2.45) is 0 Å². The van der Waals surface area contributed by atoms with E-state index in [0.717, 1.165) is 19.4 Å². The molecule has 0 spiro atoms. The van der Waals surface area contributed by atoms with Gasteiger partial charge in [-0.3, -0.25) is 4.90 Å². The topological polar surface area (TPSA) is 23.5 Å². The molecular weight excluding hydrogens is 198 g/mol. The minimum Gasteiger partial charge on any atom is -0.393 e. The van der Waals surface area contributed by atoms with Crippen LogP contribution >= 0.6 is 0 Å². The fraction of sp³-hybridized carbons (Fsp3) is 0.857. The van der Waals surface area contributed by atoms with E-state index in [1.165, 1.54) is 37.8 Å². The monoisotopic (exact) mass is 225 g/mol. The molecule has 2 atom stereocenters. The summed E-state index contributed by atoms with van der Waals surface area (Å²) in [7, 11) is 0. The van der Waals surface area contributed by atoms with Crippen LogP contribution in [0.4, 0.5) is 0 Å². The normalized spacial score (nSPS) is 25.1. The molecule has 16 heavy (non-hydrogen) atoms. The molecule has 0 aromatic heterocycles. The Hall–Kier alpha value is -0.340. The highest BCUT2D eigenvalue weighted by atomic mass is 16.3. The predicted molar refractivity (Wildman–Crippen MR) is 69.6 cm³/mol. The molecule has 0 aromatic rings. The Morgan fingerprint density at radius 1 is 1.44 bits per heavy atom. The van der Waals surface area contributed by atoms with Crippen LogP contribution in [0.2, 0.25) is 0 Å². The molecule has 1 aliphatic rings. The number of hydrogen-bond acceptors (Lipinski definition) is 2. The first-order valence-corrected chi connectivity index (χ1v) is 6.66. The Morgan fingerprint density at radius 3 is 2.81 bits per heavy atom. The zero-order chi connectivity index (χ0) is 12.0. The lowest BCUT2D eigenvalue weighted by Gasteiger charge is -2.30. The molecule has 0 amide bonds. The summed E-state index contributed by atoms with van der Waals surface area (Å²) >= 11 is 0. The van der Waals surface area contributed by atoms with Crippen LogP contribution in [0.25, 0.3) is 0 Å². The first kappa shape index (κ1) is 13.7. The lowest BCUT2D eigenvalue weighted by molar-refractivity contribution is 0.113. The van der Waals surface area contributed by atoms with Crippen molar-refractivity contribution in [1.82, 2.24) is 4.90 Å². The third-order valence-corrected chi connectivity index (χ3v) is 3.44. The van der Waals surface area contributed by atoms with Gasteiger partial charge >= 0.3 is 0 Å². The zero-order valence-electron chi connectivity index (χ0n) is 10.9. The van der Waals surface area contributed by atoms with E-state index in [0.29, 0.717) is 6.04 Å². The average molecular weight is 225 g/mol. The summed E-state index contributed by atoms with van der Waals surface area (Å²) in [6, 6.07) is 0.585. The highest BCUT2D eigenvalue weighted by Crippen LogP contribution is 2.21. The van der Waals surface area contributed by atoms with Crippen LogP contribution in [0.5, 0.6) is 0 Å². The van der Waals surface area contributed by atoms with Crippen molar-refractivity contribution in [3.8, 4) is 0 Å². The van der Waals surface area contributed by atoms with Crippen LogP contribution in [-0.2, 0) is 0 Å². The van der Waals surface area contributed by atoms with E-state index in [9.17, 15) is 5.11 Å². The van der Waals surface area contributed by atoms with Gasteiger partial charge in [0.05, 0.1) is 6.10 Å². The number of rotatable bonds is 5. The van der Waals surface area contributed by atoms with Crippen molar-refractivity contribution in [3.05, 3.63) is 12.2 Å². The van der Waals surface area contributed by atoms with Crippen molar-refractivity contribution in [3.63, 3.8) is 0 Å². The summed E-state index contributed by atoms with van der Waals surface area (Å²) in [6.45, 7) is 10.3. The van der Waals surface area contributed by atoms with Gasteiger partial charge in [-0.1, -0.05) is 18.4 Å². The summed E-state index contributed by atoms with van der Waals surface area (Å²) < 4.78 is 0. The first-order chi connectivity index (χ1) is 7.59. The smallest absolute Gasteiger partial charge is 0.0527 e. The van der Waals surface area contributed by atoms with Crippen molar-refractivity contribution >= 4 is 0 Å². The van der Waals surface area contributed by atoms with Crippen LogP contribution in [0.15, 0.2) is 12.2 Å². The van der Waals surface area contributed by atoms with Crippen LogP contribution in [-0.4, -0.2) is 35.2 Å². The van der Waals surface area contributed by atoms with Gasteiger partial charge in [-0.25, -0.2) is 0 Å². The summed E-state index contributed by atoms with van der Waals surface area (Å²) in [6.07, 6.45) is 7.08. The molecule has 1 heterocycles. The third kappa shape index (κ3) is 5.13. The molecule has 0 aromatic carbocycles. The lowest BCUT2D eigenvalue weighted by atomic mass is 10.0. The van der Waals surface area contributed by atoms with Crippen molar-refractivity contribution in [1.29, 1.82) is 0 Å². The Kier molecular flexibility index (Phi) is 6.07. The van der Waals surface area contributed by atoms with Crippen molar-refractivity contribution < 1.29 is 5.11 Å². The van der Waals surface area contributed by atoms with Crippen LogP contribution < -0.4 is 0 Å². The van der Waals surface area contributed by atoms with E-state index in [-0.39, 0.29) is 6.10 Å². The van der Waals surface area contributed by atoms with Gasteiger partial charge < -0.3 is 5.11 Å². The average Bonchev–Trinajstić information content (AvgIpc) is 2.39. The van der Waals surface area contributed by atoms with E-state index in [1.54, 1.807) is 0 Å². The summed E-state index contributed by atoms with van der Waals surface area (Å²) in [5.74, 6) is 0. The molecule has 1 aliphatic heterocycles. The van der Waals surface area contributed by atoms with E-state index in [2.05, 4.69) is 18.4 Å². The quantitative estimate of drug-likeness (QED) is 0.727.